The molecular formula is C17H23N3O3. The Labute approximate surface area is 136 Å². The highest BCUT2D eigenvalue weighted by Gasteiger charge is 2.46. The van der Waals surface area contributed by atoms with Crippen LogP contribution in [0.5, 0.6) is 0 Å². The average molecular weight is 317 g/mol. The zero-order chi connectivity index (χ0) is 16.3. The summed E-state index contributed by atoms with van der Waals surface area (Å²) in [7, 11) is 1.60. The molecule has 6 nitrogen and oxygen atoms in total. The van der Waals surface area contributed by atoms with E-state index in [4.69, 9.17) is 4.74 Å². The fourth-order valence-corrected chi connectivity index (χ4v) is 3.61. The summed E-state index contributed by atoms with van der Waals surface area (Å²) in [5.41, 5.74) is 0.858. The molecule has 0 bridgehead atoms. The molecule has 1 spiro atoms. The number of piperidine rings is 1. The van der Waals surface area contributed by atoms with Crippen LogP contribution in [0.2, 0.25) is 0 Å². The maximum Gasteiger partial charge on any atom is 0.228 e. The van der Waals surface area contributed by atoms with Gasteiger partial charge in [-0.05, 0) is 37.0 Å². The highest BCUT2D eigenvalue weighted by molar-refractivity contribution is 5.87. The van der Waals surface area contributed by atoms with Crippen LogP contribution >= 0.6 is 0 Å². The van der Waals surface area contributed by atoms with E-state index in [1.165, 1.54) is 0 Å². The molecule has 0 aliphatic carbocycles. The number of likely N-dealkylation sites (tertiary alicyclic amines) is 1. The molecule has 0 aromatic carbocycles. The number of nitrogens with one attached hydrogen (secondary N) is 1. The minimum Gasteiger partial charge on any atom is -0.384 e. The predicted octanol–water partition coefficient (Wildman–Crippen LogP) is 1.08. The van der Waals surface area contributed by atoms with E-state index in [-0.39, 0.29) is 23.3 Å². The number of pyridine rings is 1. The van der Waals surface area contributed by atoms with Gasteiger partial charge in [0, 0.05) is 38.1 Å². The quantitative estimate of drug-likeness (QED) is 0.902. The number of hydrogen-bond donors (Lipinski definition) is 1. The number of nitrogens with zero attached hydrogens (tertiary/aromatic N) is 2. The molecule has 23 heavy (non-hydrogen) atoms. The molecule has 1 atom stereocenters. The van der Waals surface area contributed by atoms with Crippen molar-refractivity contribution in [2.24, 2.45) is 0 Å². The Morgan fingerprint density at radius 1 is 1.39 bits per heavy atom. The number of hydrogen-bond acceptors (Lipinski definition) is 4. The summed E-state index contributed by atoms with van der Waals surface area (Å²) in [5, 5.41) is 3.20. The van der Waals surface area contributed by atoms with Gasteiger partial charge in [0.15, 0.2) is 0 Å². The molecule has 1 unspecified atom stereocenters. The van der Waals surface area contributed by atoms with Crippen LogP contribution in [-0.2, 0) is 14.3 Å². The van der Waals surface area contributed by atoms with E-state index in [1.807, 2.05) is 17.0 Å². The molecule has 3 heterocycles. The number of carbonyl (C=O) groups is 2. The van der Waals surface area contributed by atoms with Crippen LogP contribution in [0.3, 0.4) is 0 Å². The van der Waals surface area contributed by atoms with Crippen molar-refractivity contribution < 1.29 is 14.3 Å². The van der Waals surface area contributed by atoms with Crippen molar-refractivity contribution in [2.45, 2.75) is 37.1 Å². The topological polar surface area (TPSA) is 71.5 Å². The molecular weight excluding hydrogens is 294 g/mol. The average Bonchev–Trinajstić information content (AvgIpc) is 2.90. The van der Waals surface area contributed by atoms with Crippen LogP contribution in [0, 0.1) is 0 Å². The lowest BCUT2D eigenvalue weighted by Crippen LogP contribution is -2.52. The van der Waals surface area contributed by atoms with Crippen molar-refractivity contribution in [3.8, 4) is 0 Å². The number of methoxy groups -OCH3 is 1. The molecule has 3 rings (SSSR count). The molecule has 2 aliphatic heterocycles. The maximum atomic E-state index is 12.4. The number of aromatic nitrogens is 1. The minimum absolute atomic E-state index is 0.0929. The Bertz CT molecular complexity index is 568. The Hall–Kier alpha value is -1.95. The zero-order valence-corrected chi connectivity index (χ0v) is 13.5. The first-order valence-electron chi connectivity index (χ1n) is 8.12. The SMILES string of the molecule is COCCC(=O)N1CCC2(CC1)CC(c1ccncc1)C(=O)N2. The normalized spacial score (nSPS) is 23.1. The lowest BCUT2D eigenvalue weighted by Gasteiger charge is -2.39. The number of rotatable bonds is 4. The number of ether oxygens (including phenoxy) is 1. The van der Waals surface area contributed by atoms with E-state index in [9.17, 15) is 9.59 Å². The van der Waals surface area contributed by atoms with Gasteiger partial charge in [-0.2, -0.15) is 0 Å². The van der Waals surface area contributed by atoms with Crippen molar-refractivity contribution in [1.29, 1.82) is 0 Å². The van der Waals surface area contributed by atoms with Crippen molar-refractivity contribution in [3.63, 3.8) is 0 Å². The lowest BCUT2D eigenvalue weighted by atomic mass is 9.82. The summed E-state index contributed by atoms with van der Waals surface area (Å²) in [6, 6.07) is 3.82. The van der Waals surface area contributed by atoms with E-state index in [1.54, 1.807) is 19.5 Å². The largest absolute Gasteiger partial charge is 0.384 e. The molecule has 0 saturated carbocycles. The number of carbonyl (C=O) groups excluding carboxylic acids is 2. The zero-order valence-electron chi connectivity index (χ0n) is 13.5. The fraction of sp³-hybridized carbons (Fsp3) is 0.588. The van der Waals surface area contributed by atoms with Crippen molar-refractivity contribution in [3.05, 3.63) is 30.1 Å². The van der Waals surface area contributed by atoms with Gasteiger partial charge in [-0.3, -0.25) is 14.6 Å². The molecule has 6 heteroatoms. The molecule has 1 aromatic rings. The second kappa shape index (κ2) is 6.66. The Balaban J connectivity index is 1.61. The predicted molar refractivity (Wildman–Crippen MR) is 84.8 cm³/mol. The third kappa shape index (κ3) is 3.37. The van der Waals surface area contributed by atoms with Gasteiger partial charge < -0.3 is 15.0 Å². The van der Waals surface area contributed by atoms with E-state index in [2.05, 4.69) is 10.3 Å². The standard InChI is InChI=1S/C17H23N3O3/c1-23-11-4-15(21)20-9-5-17(6-10-20)12-14(16(22)19-17)13-2-7-18-8-3-13/h2-3,7-8,14H,4-6,9-12H2,1H3,(H,19,22). The van der Waals surface area contributed by atoms with Crippen molar-refractivity contribution in [1.82, 2.24) is 15.2 Å². The summed E-state index contributed by atoms with van der Waals surface area (Å²) < 4.78 is 4.96. The minimum atomic E-state index is -0.164. The van der Waals surface area contributed by atoms with Crippen LogP contribution < -0.4 is 5.32 Å². The van der Waals surface area contributed by atoms with Crippen LogP contribution in [-0.4, -0.2) is 54.0 Å². The van der Waals surface area contributed by atoms with E-state index < -0.39 is 0 Å². The van der Waals surface area contributed by atoms with E-state index >= 15 is 0 Å². The molecule has 2 fully saturated rings. The maximum absolute atomic E-state index is 12.4. The number of amides is 2. The summed E-state index contributed by atoms with van der Waals surface area (Å²) >= 11 is 0. The molecule has 2 aliphatic rings. The third-order valence-electron chi connectivity index (χ3n) is 5.00. The van der Waals surface area contributed by atoms with Gasteiger partial charge in [-0.15, -0.1) is 0 Å². The van der Waals surface area contributed by atoms with E-state index in [0.29, 0.717) is 26.1 Å². The smallest absolute Gasteiger partial charge is 0.228 e. The van der Waals surface area contributed by atoms with Crippen LogP contribution in [0.25, 0.3) is 0 Å². The third-order valence-corrected chi connectivity index (χ3v) is 5.00. The van der Waals surface area contributed by atoms with Crippen LogP contribution in [0.1, 0.15) is 37.2 Å². The highest BCUT2D eigenvalue weighted by Crippen LogP contribution is 2.39. The van der Waals surface area contributed by atoms with Gasteiger partial charge in [0.1, 0.15) is 0 Å². The first-order valence-corrected chi connectivity index (χ1v) is 8.12. The van der Waals surface area contributed by atoms with Gasteiger partial charge in [0.05, 0.1) is 18.9 Å². The van der Waals surface area contributed by atoms with Crippen LogP contribution in [0.4, 0.5) is 0 Å². The molecule has 124 valence electrons. The molecule has 0 radical (unpaired) electrons. The molecule has 2 saturated heterocycles. The van der Waals surface area contributed by atoms with Crippen molar-refractivity contribution >= 4 is 11.8 Å². The Morgan fingerprint density at radius 2 is 2.09 bits per heavy atom. The van der Waals surface area contributed by atoms with Gasteiger partial charge >= 0.3 is 0 Å². The van der Waals surface area contributed by atoms with Gasteiger partial charge in [-0.25, -0.2) is 0 Å². The summed E-state index contributed by atoms with van der Waals surface area (Å²) in [6.45, 7) is 1.86. The summed E-state index contributed by atoms with van der Waals surface area (Å²) in [4.78, 5) is 30.3. The van der Waals surface area contributed by atoms with E-state index in [0.717, 1.165) is 24.8 Å². The monoisotopic (exact) mass is 317 g/mol. The first kappa shape index (κ1) is 15.9. The molecule has 1 aromatic heterocycles. The van der Waals surface area contributed by atoms with Gasteiger partial charge in [0.2, 0.25) is 11.8 Å². The second-order valence-corrected chi connectivity index (χ2v) is 6.43. The van der Waals surface area contributed by atoms with Gasteiger partial charge in [0.25, 0.3) is 0 Å². The molecule has 1 N–H and O–H groups in total. The first-order chi connectivity index (χ1) is 11.1. The highest BCUT2D eigenvalue weighted by atomic mass is 16.5. The lowest BCUT2D eigenvalue weighted by molar-refractivity contribution is -0.133. The second-order valence-electron chi connectivity index (χ2n) is 6.43. The summed E-state index contributed by atoms with van der Waals surface area (Å²) in [5.74, 6) is 0.126. The van der Waals surface area contributed by atoms with Crippen molar-refractivity contribution in [2.75, 3.05) is 26.8 Å². The fourth-order valence-electron chi connectivity index (χ4n) is 3.61. The molecule has 2 amide bonds. The van der Waals surface area contributed by atoms with Crippen LogP contribution in [0.15, 0.2) is 24.5 Å². The summed E-state index contributed by atoms with van der Waals surface area (Å²) in [6.07, 6.45) is 6.32. The Kier molecular flexibility index (Phi) is 4.61. The van der Waals surface area contributed by atoms with Gasteiger partial charge in [-0.1, -0.05) is 0 Å². The Morgan fingerprint density at radius 3 is 2.74 bits per heavy atom.